The van der Waals surface area contributed by atoms with Gasteiger partial charge in [-0.15, -0.1) is 0 Å². The first-order valence-corrected chi connectivity index (χ1v) is 10.1. The molecule has 25 heavy (non-hydrogen) atoms. The maximum absolute atomic E-state index is 12.2. The Morgan fingerprint density at radius 2 is 1.96 bits per heavy atom. The van der Waals surface area contributed by atoms with E-state index in [4.69, 9.17) is 0 Å². The number of hydrogen-bond acceptors (Lipinski definition) is 3. The van der Waals surface area contributed by atoms with Crippen LogP contribution in [0.1, 0.15) is 55.7 Å². The average Bonchev–Trinajstić information content (AvgIpc) is 3.48. The van der Waals surface area contributed by atoms with Crippen LogP contribution in [-0.4, -0.2) is 44.0 Å². The van der Waals surface area contributed by atoms with Crippen LogP contribution in [0.15, 0.2) is 18.2 Å². The van der Waals surface area contributed by atoms with Gasteiger partial charge in [0.05, 0.1) is 6.04 Å². The first-order valence-electron chi connectivity index (χ1n) is 10.1. The molecule has 2 aliphatic heterocycles. The molecule has 136 valence electrons. The number of nitrogens with one attached hydrogen (secondary N) is 1. The number of anilines is 1. The van der Waals surface area contributed by atoms with E-state index in [1.54, 1.807) is 0 Å². The van der Waals surface area contributed by atoms with E-state index in [9.17, 15) is 4.79 Å². The van der Waals surface area contributed by atoms with Gasteiger partial charge in [0.1, 0.15) is 0 Å². The fourth-order valence-corrected chi connectivity index (χ4v) is 4.39. The molecule has 4 heteroatoms. The number of rotatable bonds is 5. The zero-order chi connectivity index (χ0) is 17.2. The van der Waals surface area contributed by atoms with Crippen molar-refractivity contribution in [2.24, 2.45) is 5.92 Å². The van der Waals surface area contributed by atoms with Crippen molar-refractivity contribution in [2.75, 3.05) is 38.1 Å². The van der Waals surface area contributed by atoms with Crippen molar-refractivity contribution in [1.29, 1.82) is 0 Å². The van der Waals surface area contributed by atoms with E-state index in [1.165, 1.54) is 48.9 Å². The molecule has 4 nitrogen and oxygen atoms in total. The second-order valence-corrected chi connectivity index (χ2v) is 8.05. The highest BCUT2D eigenvalue weighted by Gasteiger charge is 2.31. The lowest BCUT2D eigenvalue weighted by Gasteiger charge is -2.36. The molecule has 1 amide bonds. The number of benzene rings is 1. The summed E-state index contributed by atoms with van der Waals surface area (Å²) in [5.41, 5.74) is 4.24. The Kier molecular flexibility index (Phi) is 4.98. The molecule has 1 saturated carbocycles. The molecular formula is C21H31N3O. The molecule has 0 bridgehead atoms. The molecule has 1 aromatic rings. The van der Waals surface area contributed by atoms with Crippen molar-refractivity contribution in [2.45, 2.75) is 51.0 Å². The lowest BCUT2D eigenvalue weighted by atomic mass is 9.95. The zero-order valence-electron chi connectivity index (χ0n) is 15.5. The maximum Gasteiger partial charge on any atom is 0.223 e. The Labute approximate surface area is 151 Å². The van der Waals surface area contributed by atoms with Gasteiger partial charge in [0.2, 0.25) is 5.91 Å². The van der Waals surface area contributed by atoms with Gasteiger partial charge in [-0.3, -0.25) is 9.69 Å². The largest absolute Gasteiger partial charge is 0.374 e. The third-order valence-electron chi connectivity index (χ3n) is 6.09. The predicted molar refractivity (Wildman–Crippen MR) is 102 cm³/mol. The number of nitrogens with zero attached hydrogens (tertiary/aromatic N) is 2. The van der Waals surface area contributed by atoms with Gasteiger partial charge in [-0.25, -0.2) is 0 Å². The Morgan fingerprint density at radius 3 is 2.72 bits per heavy atom. The minimum absolute atomic E-state index is 0.264. The molecule has 0 unspecified atom stereocenters. The quantitative estimate of drug-likeness (QED) is 0.894. The molecule has 1 aromatic carbocycles. The normalized spacial score (nSPS) is 22.4. The molecule has 1 saturated heterocycles. The summed E-state index contributed by atoms with van der Waals surface area (Å²) < 4.78 is 0. The van der Waals surface area contributed by atoms with Crippen LogP contribution in [0.25, 0.3) is 0 Å². The maximum atomic E-state index is 12.2. The molecule has 1 atom stereocenters. The number of aryl methyl sites for hydroxylation is 1. The number of amides is 1. The fourth-order valence-electron chi connectivity index (χ4n) is 4.39. The standard InChI is InChI=1S/C21H31N3O/c1-23-11-5-6-17-14-18(9-10-19(17)23)20(24-12-3-2-4-13-24)15-22-21(25)16-7-8-16/h9-10,14,16,20H,2-8,11-13,15H2,1H3,(H,22,25)/t20-/m0/s1. The predicted octanol–water partition coefficient (Wildman–Crippen LogP) is 3.12. The van der Waals surface area contributed by atoms with Gasteiger partial charge < -0.3 is 10.2 Å². The Hall–Kier alpha value is -1.55. The van der Waals surface area contributed by atoms with Crippen molar-refractivity contribution in [3.05, 3.63) is 29.3 Å². The average molecular weight is 341 g/mol. The minimum Gasteiger partial charge on any atom is -0.374 e. The van der Waals surface area contributed by atoms with Gasteiger partial charge in [0.15, 0.2) is 0 Å². The third-order valence-corrected chi connectivity index (χ3v) is 6.09. The molecule has 0 spiro atoms. The summed E-state index contributed by atoms with van der Waals surface area (Å²) in [5, 5.41) is 3.24. The van der Waals surface area contributed by atoms with Crippen LogP contribution in [0.2, 0.25) is 0 Å². The second-order valence-electron chi connectivity index (χ2n) is 8.05. The SMILES string of the molecule is CN1CCCc2cc([C@H](CNC(=O)C3CC3)N3CCCCC3)ccc21. The minimum atomic E-state index is 0.264. The molecule has 3 aliphatic rings. The van der Waals surface area contributed by atoms with Gasteiger partial charge in [0, 0.05) is 31.7 Å². The molecule has 2 fully saturated rings. The monoisotopic (exact) mass is 341 g/mol. The highest BCUT2D eigenvalue weighted by atomic mass is 16.2. The van der Waals surface area contributed by atoms with Gasteiger partial charge in [-0.1, -0.05) is 18.6 Å². The number of piperidine rings is 1. The van der Waals surface area contributed by atoms with E-state index in [0.29, 0.717) is 12.0 Å². The lowest BCUT2D eigenvalue weighted by Crippen LogP contribution is -2.41. The highest BCUT2D eigenvalue weighted by Crippen LogP contribution is 2.32. The summed E-state index contributed by atoms with van der Waals surface area (Å²) in [6, 6.07) is 7.32. The fraction of sp³-hybridized carbons (Fsp3) is 0.667. The Bertz CT molecular complexity index is 620. The summed E-state index contributed by atoms with van der Waals surface area (Å²) in [5.74, 6) is 0.555. The lowest BCUT2D eigenvalue weighted by molar-refractivity contribution is -0.122. The number of carbonyl (C=O) groups excluding carboxylic acids is 1. The molecule has 1 aliphatic carbocycles. The first kappa shape index (κ1) is 16.9. The summed E-state index contributed by atoms with van der Waals surface area (Å²) in [4.78, 5) is 17.1. The zero-order valence-corrected chi connectivity index (χ0v) is 15.5. The van der Waals surface area contributed by atoms with Crippen LogP contribution < -0.4 is 10.2 Å². The van der Waals surface area contributed by atoms with Crippen molar-refractivity contribution < 1.29 is 4.79 Å². The van der Waals surface area contributed by atoms with Crippen LogP contribution in [0.4, 0.5) is 5.69 Å². The summed E-state index contributed by atoms with van der Waals surface area (Å²) in [7, 11) is 2.19. The van der Waals surface area contributed by atoms with E-state index in [2.05, 4.69) is 40.4 Å². The van der Waals surface area contributed by atoms with E-state index in [1.807, 2.05) is 0 Å². The second kappa shape index (κ2) is 7.36. The van der Waals surface area contributed by atoms with Crippen molar-refractivity contribution in [1.82, 2.24) is 10.2 Å². The Balaban J connectivity index is 1.54. The summed E-state index contributed by atoms with van der Waals surface area (Å²) in [6.45, 7) is 4.21. The first-order chi connectivity index (χ1) is 12.2. The number of hydrogen-bond donors (Lipinski definition) is 1. The smallest absolute Gasteiger partial charge is 0.223 e. The van der Waals surface area contributed by atoms with Gasteiger partial charge in [0.25, 0.3) is 0 Å². The molecule has 0 aromatic heterocycles. The molecule has 0 radical (unpaired) electrons. The van der Waals surface area contributed by atoms with E-state index in [-0.39, 0.29) is 5.91 Å². The van der Waals surface area contributed by atoms with Crippen LogP contribution in [-0.2, 0) is 11.2 Å². The third kappa shape index (κ3) is 3.84. The highest BCUT2D eigenvalue weighted by molar-refractivity contribution is 5.80. The molecular weight excluding hydrogens is 310 g/mol. The topological polar surface area (TPSA) is 35.6 Å². The number of fused-ring (bicyclic) bond motifs is 1. The van der Waals surface area contributed by atoms with Crippen LogP contribution in [0.5, 0.6) is 0 Å². The number of likely N-dealkylation sites (tertiary alicyclic amines) is 1. The molecule has 4 rings (SSSR count). The van der Waals surface area contributed by atoms with Crippen LogP contribution in [0.3, 0.4) is 0 Å². The van der Waals surface area contributed by atoms with Crippen molar-refractivity contribution in [3.8, 4) is 0 Å². The van der Waals surface area contributed by atoms with Crippen molar-refractivity contribution >= 4 is 11.6 Å². The van der Waals surface area contributed by atoms with Gasteiger partial charge >= 0.3 is 0 Å². The molecule has 1 N–H and O–H groups in total. The van der Waals surface area contributed by atoms with Gasteiger partial charge in [-0.05, 0) is 68.8 Å². The van der Waals surface area contributed by atoms with Crippen LogP contribution in [0, 0.1) is 5.92 Å². The van der Waals surface area contributed by atoms with E-state index in [0.717, 1.165) is 39.0 Å². The molecule has 2 heterocycles. The van der Waals surface area contributed by atoms with Gasteiger partial charge in [-0.2, -0.15) is 0 Å². The number of carbonyl (C=O) groups is 1. The van der Waals surface area contributed by atoms with Crippen LogP contribution >= 0.6 is 0 Å². The summed E-state index contributed by atoms with van der Waals surface area (Å²) >= 11 is 0. The van der Waals surface area contributed by atoms with E-state index >= 15 is 0 Å². The van der Waals surface area contributed by atoms with E-state index < -0.39 is 0 Å². The Morgan fingerprint density at radius 1 is 1.16 bits per heavy atom. The van der Waals surface area contributed by atoms with Crippen molar-refractivity contribution in [3.63, 3.8) is 0 Å². The summed E-state index contributed by atoms with van der Waals surface area (Å²) in [6.07, 6.45) is 8.46.